The number of hydrogen-bond acceptors (Lipinski definition) is 6. The van der Waals surface area contributed by atoms with Crippen molar-refractivity contribution >= 4 is 80.0 Å². The molecule has 0 atom stereocenters. The van der Waals surface area contributed by atoms with E-state index in [0.29, 0.717) is 21.4 Å². The molecule has 0 aliphatic carbocycles. The van der Waals surface area contributed by atoms with Crippen molar-refractivity contribution in [1.82, 2.24) is 0 Å². The molecule has 34 heavy (non-hydrogen) atoms. The molecule has 4 rings (SSSR count). The lowest BCUT2D eigenvalue weighted by molar-refractivity contribution is 0.424. The minimum atomic E-state index is -0.216. The van der Waals surface area contributed by atoms with E-state index in [4.69, 9.17) is 64.7 Å². The Labute approximate surface area is 214 Å². The molecule has 0 fully saturated rings. The fraction of sp³-hybridized carbons (Fsp3) is 0. The van der Waals surface area contributed by atoms with Gasteiger partial charge in [-0.1, -0.05) is 23.2 Å². The zero-order valence-corrected chi connectivity index (χ0v) is 20.1. The van der Waals surface area contributed by atoms with Gasteiger partial charge in [-0.3, -0.25) is 0 Å². The summed E-state index contributed by atoms with van der Waals surface area (Å²) in [5, 5.41) is 0.699. The summed E-state index contributed by atoms with van der Waals surface area (Å²) in [5.74, 6) is 0.692. The minimum absolute atomic E-state index is 0.0621. The van der Waals surface area contributed by atoms with Crippen LogP contribution in [0.5, 0.6) is 0 Å². The fourth-order valence-corrected chi connectivity index (χ4v) is 3.28. The second kappa shape index (κ2) is 11.3. The first kappa shape index (κ1) is 24.0. The third kappa shape index (κ3) is 6.46. The SMILES string of the molecule is ClC(=Nc1ccc(Cl)cc1)O/C(=C(/OC(Cl)=Nc1ccc(Cl)cc1)c1ccco1)c1ccco1. The van der Waals surface area contributed by atoms with Crippen LogP contribution in [0.4, 0.5) is 11.4 Å². The molecule has 0 bridgehead atoms. The number of ether oxygens (including phenoxy) is 2. The van der Waals surface area contributed by atoms with E-state index < -0.39 is 0 Å². The number of halogens is 4. The van der Waals surface area contributed by atoms with Gasteiger partial charge in [-0.15, -0.1) is 0 Å². The molecule has 2 heterocycles. The van der Waals surface area contributed by atoms with Crippen molar-refractivity contribution in [3.05, 3.63) is 107 Å². The molecule has 0 aliphatic rings. The summed E-state index contributed by atoms with van der Waals surface area (Å²) >= 11 is 24.5. The largest absolute Gasteiger partial charge is 0.461 e. The first-order chi connectivity index (χ1) is 16.5. The fourth-order valence-electron chi connectivity index (χ4n) is 2.68. The van der Waals surface area contributed by atoms with Gasteiger partial charge in [-0.05, 0) is 96.0 Å². The van der Waals surface area contributed by atoms with Crippen molar-refractivity contribution in [2.45, 2.75) is 0 Å². The molecule has 2 aromatic carbocycles. The molecule has 0 spiro atoms. The van der Waals surface area contributed by atoms with Crippen molar-refractivity contribution in [3.63, 3.8) is 0 Å². The number of nitrogens with zero attached hydrogens (tertiary/aromatic N) is 2. The van der Waals surface area contributed by atoms with Gasteiger partial charge in [-0.25, -0.2) is 9.98 Å². The Morgan fingerprint density at radius 2 is 0.971 bits per heavy atom. The summed E-state index contributed by atoms with van der Waals surface area (Å²) in [6, 6.07) is 20.1. The zero-order valence-electron chi connectivity index (χ0n) is 17.1. The monoisotopic (exact) mass is 534 g/mol. The smallest absolute Gasteiger partial charge is 0.293 e. The maximum atomic E-state index is 6.31. The van der Waals surface area contributed by atoms with Crippen LogP contribution in [0.1, 0.15) is 11.5 Å². The van der Waals surface area contributed by atoms with Crippen LogP contribution in [0.15, 0.2) is 104 Å². The van der Waals surface area contributed by atoms with E-state index in [1.807, 2.05) is 0 Å². The van der Waals surface area contributed by atoms with Gasteiger partial charge in [0.1, 0.15) is 0 Å². The van der Waals surface area contributed by atoms with Gasteiger partial charge in [-0.2, -0.15) is 0 Å². The van der Waals surface area contributed by atoms with Gasteiger partial charge in [0.05, 0.1) is 23.9 Å². The van der Waals surface area contributed by atoms with E-state index in [-0.39, 0.29) is 33.8 Å². The maximum Gasteiger partial charge on any atom is 0.293 e. The molecule has 6 nitrogen and oxygen atoms in total. The average Bonchev–Trinajstić information content (AvgIpc) is 3.54. The third-order valence-electron chi connectivity index (χ3n) is 4.16. The van der Waals surface area contributed by atoms with Crippen molar-refractivity contribution in [2.24, 2.45) is 9.98 Å². The molecular weight excluding hydrogens is 522 g/mol. The Balaban J connectivity index is 1.73. The van der Waals surface area contributed by atoms with Gasteiger partial charge in [0.25, 0.3) is 10.7 Å². The van der Waals surface area contributed by atoms with Gasteiger partial charge in [0.2, 0.25) is 11.5 Å². The molecule has 0 saturated carbocycles. The van der Waals surface area contributed by atoms with Gasteiger partial charge >= 0.3 is 0 Å². The summed E-state index contributed by atoms with van der Waals surface area (Å²) < 4.78 is 22.7. The highest BCUT2D eigenvalue weighted by Crippen LogP contribution is 2.32. The number of benzene rings is 2. The summed E-state index contributed by atoms with van der Waals surface area (Å²) in [6.45, 7) is 0. The Morgan fingerprint density at radius 1 is 0.588 bits per heavy atom. The Hall–Kier alpha value is -3.16. The lowest BCUT2D eigenvalue weighted by Gasteiger charge is -2.12. The molecule has 0 saturated heterocycles. The lowest BCUT2D eigenvalue weighted by Crippen LogP contribution is -2.04. The minimum Gasteiger partial charge on any atom is -0.461 e. The van der Waals surface area contributed by atoms with Crippen molar-refractivity contribution in [2.75, 3.05) is 0 Å². The quantitative estimate of drug-likeness (QED) is 0.140. The molecule has 0 radical (unpaired) electrons. The normalized spacial score (nSPS) is 12.9. The Bertz CT molecular complexity index is 1210. The molecule has 0 aliphatic heterocycles. The molecule has 10 heteroatoms. The predicted molar refractivity (Wildman–Crippen MR) is 135 cm³/mol. The number of aliphatic imine (C=N–C) groups is 2. The highest BCUT2D eigenvalue weighted by atomic mass is 35.5. The van der Waals surface area contributed by atoms with Crippen LogP contribution in [0.25, 0.3) is 11.5 Å². The zero-order chi connectivity index (χ0) is 23.9. The van der Waals surface area contributed by atoms with E-state index in [1.54, 1.807) is 72.8 Å². The number of hydrogen-bond donors (Lipinski definition) is 0. The Kier molecular flexibility index (Phi) is 7.98. The second-order valence-electron chi connectivity index (χ2n) is 6.50. The van der Waals surface area contributed by atoms with Crippen LogP contribution >= 0.6 is 46.4 Å². The first-order valence-electron chi connectivity index (χ1n) is 9.65. The van der Waals surface area contributed by atoms with E-state index in [2.05, 4.69) is 9.98 Å². The van der Waals surface area contributed by atoms with E-state index >= 15 is 0 Å². The van der Waals surface area contributed by atoms with Crippen LogP contribution in [0.2, 0.25) is 10.0 Å². The van der Waals surface area contributed by atoms with Gasteiger partial charge < -0.3 is 18.3 Å². The van der Waals surface area contributed by atoms with Crippen LogP contribution in [0.3, 0.4) is 0 Å². The number of rotatable bonds is 6. The van der Waals surface area contributed by atoms with E-state index in [9.17, 15) is 0 Å². The summed E-state index contributed by atoms with van der Waals surface area (Å²) in [7, 11) is 0. The standard InChI is InChI=1S/C24H14Cl4N2O4/c25-15-5-9-17(10-6-15)29-23(27)33-21(19-3-1-13-31-19)22(20-4-2-14-32-20)34-24(28)30-18-11-7-16(26)8-12-18/h1-14H/b22-21+,29-23?,30-24?. The number of furan rings is 2. The van der Waals surface area contributed by atoms with Crippen LogP contribution in [-0.2, 0) is 9.47 Å². The molecule has 4 aromatic rings. The molecule has 0 N–H and O–H groups in total. The second-order valence-corrected chi connectivity index (χ2v) is 8.02. The van der Waals surface area contributed by atoms with Crippen LogP contribution in [0, 0.1) is 0 Å². The van der Waals surface area contributed by atoms with Crippen molar-refractivity contribution in [1.29, 1.82) is 0 Å². The molecular formula is C24H14Cl4N2O4. The van der Waals surface area contributed by atoms with Crippen LogP contribution < -0.4 is 0 Å². The van der Waals surface area contributed by atoms with Crippen LogP contribution in [-0.4, -0.2) is 10.7 Å². The Morgan fingerprint density at radius 3 is 1.29 bits per heavy atom. The van der Waals surface area contributed by atoms with E-state index in [0.717, 1.165) is 0 Å². The molecule has 0 unspecified atom stereocenters. The highest BCUT2D eigenvalue weighted by Gasteiger charge is 2.23. The van der Waals surface area contributed by atoms with Gasteiger partial charge in [0.15, 0.2) is 11.5 Å². The average molecular weight is 536 g/mol. The topological polar surface area (TPSA) is 69.5 Å². The molecule has 2 aromatic heterocycles. The molecule has 172 valence electrons. The predicted octanol–water partition coefficient (Wildman–Crippen LogP) is 8.89. The summed E-state index contributed by atoms with van der Waals surface area (Å²) in [5.41, 5.74) is 1.05. The van der Waals surface area contributed by atoms with Crippen molar-refractivity contribution in [3.8, 4) is 0 Å². The lowest BCUT2D eigenvalue weighted by atomic mass is 10.2. The summed E-state index contributed by atoms with van der Waals surface area (Å²) in [6.07, 6.45) is 2.93. The first-order valence-corrected chi connectivity index (χ1v) is 11.2. The third-order valence-corrected chi connectivity index (χ3v) is 4.98. The van der Waals surface area contributed by atoms with E-state index in [1.165, 1.54) is 12.5 Å². The van der Waals surface area contributed by atoms with Crippen molar-refractivity contribution < 1.29 is 18.3 Å². The highest BCUT2D eigenvalue weighted by molar-refractivity contribution is 6.64. The maximum absolute atomic E-state index is 6.31. The molecule has 0 amide bonds. The van der Waals surface area contributed by atoms with Gasteiger partial charge in [0, 0.05) is 10.0 Å². The summed E-state index contributed by atoms with van der Waals surface area (Å²) in [4.78, 5) is 8.46.